The molecular formula is C15H20ClF3N2O. The molecule has 0 saturated carbocycles. The lowest BCUT2D eigenvalue weighted by Crippen LogP contribution is -2.54. The molecule has 1 heterocycles. The molecule has 7 heteroatoms. The summed E-state index contributed by atoms with van der Waals surface area (Å²) in [5.74, 6) is -1.91. The Morgan fingerprint density at radius 3 is 2.41 bits per heavy atom. The van der Waals surface area contributed by atoms with Gasteiger partial charge in [-0.2, -0.15) is 13.2 Å². The van der Waals surface area contributed by atoms with Gasteiger partial charge in [0, 0.05) is 13.1 Å². The number of likely N-dealkylation sites (tertiary alicyclic amines) is 1. The van der Waals surface area contributed by atoms with Crippen molar-refractivity contribution in [1.29, 1.82) is 0 Å². The molecule has 1 amide bonds. The van der Waals surface area contributed by atoms with Gasteiger partial charge >= 0.3 is 6.18 Å². The average Bonchev–Trinajstić information content (AvgIpc) is 2.46. The largest absolute Gasteiger partial charge is 0.393 e. The molecule has 1 aromatic rings. The van der Waals surface area contributed by atoms with Gasteiger partial charge in [0.2, 0.25) is 5.91 Å². The summed E-state index contributed by atoms with van der Waals surface area (Å²) in [6, 6.07) is 8.72. The van der Waals surface area contributed by atoms with E-state index in [0.29, 0.717) is 18.5 Å². The van der Waals surface area contributed by atoms with Crippen LogP contribution in [0.25, 0.3) is 0 Å². The molecule has 0 radical (unpaired) electrons. The first kappa shape index (κ1) is 18.8. The third kappa shape index (κ3) is 3.93. The second kappa shape index (κ2) is 6.87. The Kier molecular flexibility index (Phi) is 5.87. The van der Waals surface area contributed by atoms with Gasteiger partial charge in [-0.05, 0) is 25.3 Å². The zero-order valence-corrected chi connectivity index (χ0v) is 13.1. The van der Waals surface area contributed by atoms with Crippen molar-refractivity contribution in [3.63, 3.8) is 0 Å². The summed E-state index contributed by atoms with van der Waals surface area (Å²) in [6.45, 7) is 1.56. The van der Waals surface area contributed by atoms with Gasteiger partial charge in [-0.15, -0.1) is 12.4 Å². The number of rotatable bonds is 2. The quantitative estimate of drug-likeness (QED) is 0.902. The van der Waals surface area contributed by atoms with Crippen LogP contribution in [0.1, 0.15) is 25.3 Å². The van der Waals surface area contributed by atoms with Crippen molar-refractivity contribution < 1.29 is 18.0 Å². The SMILES string of the molecule is CC(N)(C(=O)N1CCCC(C(F)(F)F)C1)c1ccccc1.Cl. The lowest BCUT2D eigenvalue weighted by molar-refractivity contribution is -0.189. The Bertz CT molecular complexity index is 505. The van der Waals surface area contributed by atoms with Gasteiger partial charge in [-0.1, -0.05) is 30.3 Å². The second-order valence-corrected chi connectivity index (χ2v) is 5.70. The van der Waals surface area contributed by atoms with Gasteiger partial charge in [-0.25, -0.2) is 0 Å². The van der Waals surface area contributed by atoms with Crippen molar-refractivity contribution in [3.8, 4) is 0 Å². The molecule has 2 N–H and O–H groups in total. The molecule has 0 aliphatic carbocycles. The number of piperidine rings is 1. The molecule has 0 spiro atoms. The minimum Gasteiger partial charge on any atom is -0.340 e. The molecule has 2 atom stereocenters. The van der Waals surface area contributed by atoms with Crippen LogP contribution in [0.2, 0.25) is 0 Å². The van der Waals surface area contributed by atoms with Crippen LogP contribution in [0.4, 0.5) is 13.2 Å². The number of nitrogens with zero attached hydrogens (tertiary/aromatic N) is 1. The van der Waals surface area contributed by atoms with Gasteiger partial charge in [0.1, 0.15) is 5.54 Å². The van der Waals surface area contributed by atoms with Crippen LogP contribution < -0.4 is 5.73 Å². The molecule has 124 valence electrons. The van der Waals surface area contributed by atoms with Gasteiger partial charge in [0.15, 0.2) is 0 Å². The highest BCUT2D eigenvalue weighted by atomic mass is 35.5. The molecular weight excluding hydrogens is 317 g/mol. The summed E-state index contributed by atoms with van der Waals surface area (Å²) in [7, 11) is 0. The van der Waals surface area contributed by atoms with E-state index in [1.54, 1.807) is 37.3 Å². The average molecular weight is 337 g/mol. The molecule has 1 saturated heterocycles. The van der Waals surface area contributed by atoms with Crippen molar-refractivity contribution in [1.82, 2.24) is 4.90 Å². The van der Waals surface area contributed by atoms with Crippen LogP contribution >= 0.6 is 12.4 Å². The van der Waals surface area contributed by atoms with E-state index in [0.717, 1.165) is 0 Å². The van der Waals surface area contributed by atoms with E-state index in [1.807, 2.05) is 0 Å². The number of hydrogen-bond acceptors (Lipinski definition) is 2. The normalized spacial score (nSPS) is 21.7. The summed E-state index contributed by atoms with van der Waals surface area (Å²) in [5, 5.41) is 0. The molecule has 2 unspecified atom stereocenters. The Hall–Kier alpha value is -1.27. The van der Waals surface area contributed by atoms with Gasteiger partial charge in [0.05, 0.1) is 5.92 Å². The Balaban J connectivity index is 0.00000242. The molecule has 1 aliphatic rings. The second-order valence-electron chi connectivity index (χ2n) is 5.70. The van der Waals surface area contributed by atoms with Crippen molar-refractivity contribution in [3.05, 3.63) is 35.9 Å². The van der Waals surface area contributed by atoms with Crippen LogP contribution in [0.3, 0.4) is 0 Å². The maximum Gasteiger partial charge on any atom is 0.393 e. The summed E-state index contributed by atoms with van der Waals surface area (Å²) >= 11 is 0. The van der Waals surface area contributed by atoms with E-state index in [9.17, 15) is 18.0 Å². The lowest BCUT2D eigenvalue weighted by atomic mass is 9.89. The topological polar surface area (TPSA) is 46.3 Å². The Morgan fingerprint density at radius 1 is 1.27 bits per heavy atom. The third-order valence-electron chi connectivity index (χ3n) is 3.99. The highest BCUT2D eigenvalue weighted by Crippen LogP contribution is 2.34. The fourth-order valence-corrected chi connectivity index (χ4v) is 2.67. The van der Waals surface area contributed by atoms with Crippen molar-refractivity contribution >= 4 is 18.3 Å². The zero-order chi connectivity index (χ0) is 15.7. The van der Waals surface area contributed by atoms with E-state index in [1.165, 1.54) is 4.90 Å². The number of nitrogens with two attached hydrogens (primary N) is 1. The summed E-state index contributed by atoms with van der Waals surface area (Å²) in [5.41, 5.74) is 5.38. The molecule has 1 fully saturated rings. The van der Waals surface area contributed by atoms with Crippen LogP contribution in [-0.2, 0) is 10.3 Å². The number of hydrogen-bond donors (Lipinski definition) is 1. The first-order valence-electron chi connectivity index (χ1n) is 6.93. The maximum absolute atomic E-state index is 12.8. The minimum atomic E-state index is -4.27. The third-order valence-corrected chi connectivity index (χ3v) is 3.99. The van der Waals surface area contributed by atoms with Crippen LogP contribution in [0, 0.1) is 5.92 Å². The highest BCUT2D eigenvalue weighted by Gasteiger charge is 2.45. The number of carbonyl (C=O) groups is 1. The molecule has 0 aromatic heterocycles. The lowest BCUT2D eigenvalue weighted by Gasteiger charge is -2.38. The first-order chi connectivity index (χ1) is 9.73. The summed E-state index contributed by atoms with van der Waals surface area (Å²) in [6.07, 6.45) is -3.85. The first-order valence-corrected chi connectivity index (χ1v) is 6.93. The van der Waals surface area contributed by atoms with Gasteiger partial charge in [0.25, 0.3) is 0 Å². The fraction of sp³-hybridized carbons (Fsp3) is 0.533. The molecule has 1 aromatic carbocycles. The molecule has 22 heavy (non-hydrogen) atoms. The zero-order valence-electron chi connectivity index (χ0n) is 12.3. The van der Waals surface area contributed by atoms with Crippen LogP contribution in [0.5, 0.6) is 0 Å². The molecule has 0 bridgehead atoms. The standard InChI is InChI=1S/C15H19F3N2O.ClH/c1-14(19,11-6-3-2-4-7-11)13(21)20-9-5-8-12(10-20)15(16,17)18;/h2-4,6-7,12H,5,8-10,19H2,1H3;1H. The highest BCUT2D eigenvalue weighted by molar-refractivity contribution is 5.87. The maximum atomic E-state index is 12.8. The number of benzene rings is 1. The molecule has 2 rings (SSSR count). The summed E-state index contributed by atoms with van der Waals surface area (Å²) < 4.78 is 38.5. The summed E-state index contributed by atoms with van der Waals surface area (Å²) in [4.78, 5) is 13.8. The minimum absolute atomic E-state index is 0. The van der Waals surface area contributed by atoms with Gasteiger partial charge < -0.3 is 10.6 Å². The number of carbonyl (C=O) groups excluding carboxylic acids is 1. The van der Waals surface area contributed by atoms with Gasteiger partial charge in [-0.3, -0.25) is 4.79 Å². The Morgan fingerprint density at radius 2 is 1.86 bits per heavy atom. The van der Waals surface area contributed by atoms with Crippen LogP contribution in [0.15, 0.2) is 30.3 Å². The van der Waals surface area contributed by atoms with Crippen molar-refractivity contribution in [2.75, 3.05) is 13.1 Å². The number of amides is 1. The monoisotopic (exact) mass is 336 g/mol. The predicted octanol–water partition coefficient (Wildman–Crippen LogP) is 3.08. The van der Waals surface area contributed by atoms with Crippen molar-refractivity contribution in [2.24, 2.45) is 11.7 Å². The number of halogens is 4. The fourth-order valence-electron chi connectivity index (χ4n) is 2.67. The van der Waals surface area contributed by atoms with E-state index in [4.69, 9.17) is 5.73 Å². The van der Waals surface area contributed by atoms with E-state index < -0.39 is 23.5 Å². The smallest absolute Gasteiger partial charge is 0.340 e. The molecule has 1 aliphatic heterocycles. The number of alkyl halides is 3. The van der Waals surface area contributed by atoms with Crippen LogP contribution in [-0.4, -0.2) is 30.1 Å². The van der Waals surface area contributed by atoms with Crippen molar-refractivity contribution in [2.45, 2.75) is 31.5 Å². The molecule has 3 nitrogen and oxygen atoms in total. The van der Waals surface area contributed by atoms with E-state index in [-0.39, 0.29) is 25.4 Å². The van der Waals surface area contributed by atoms with E-state index >= 15 is 0 Å². The predicted molar refractivity (Wildman–Crippen MR) is 80.6 cm³/mol. The Labute approximate surface area is 134 Å². The van der Waals surface area contributed by atoms with E-state index in [2.05, 4.69) is 0 Å².